The second-order valence-corrected chi connectivity index (χ2v) is 6.08. The highest BCUT2D eigenvalue weighted by atomic mass is 15.2. The summed E-state index contributed by atoms with van der Waals surface area (Å²) < 4.78 is 0. The van der Waals surface area contributed by atoms with Gasteiger partial charge in [0, 0.05) is 23.8 Å². The Morgan fingerprint density at radius 3 is 1.89 bits per heavy atom. The van der Waals surface area contributed by atoms with Gasteiger partial charge in [-0.15, -0.1) is 0 Å². The Bertz CT molecular complexity index is 547. The Hall–Kier alpha value is -1.24. The molecule has 0 unspecified atom stereocenters. The van der Waals surface area contributed by atoms with Gasteiger partial charge in [0.05, 0.1) is 0 Å². The second-order valence-electron chi connectivity index (χ2n) is 6.08. The average Bonchev–Trinajstić information content (AvgIpc) is 2.50. The molecule has 0 aliphatic carbocycles. The van der Waals surface area contributed by atoms with E-state index in [-0.39, 0.29) is 5.41 Å². The van der Waals surface area contributed by atoms with Gasteiger partial charge in [0.1, 0.15) is 0 Å². The molecule has 0 aromatic heterocycles. The molecule has 1 heteroatoms. The third-order valence-corrected chi connectivity index (χ3v) is 4.89. The van der Waals surface area contributed by atoms with Crippen LogP contribution in [0.5, 0.6) is 0 Å². The van der Waals surface area contributed by atoms with Gasteiger partial charge in [-0.1, -0.05) is 19.9 Å². The molecule has 0 bridgehead atoms. The predicted octanol–water partition coefficient (Wildman–Crippen LogP) is 4.55. The van der Waals surface area contributed by atoms with Crippen LogP contribution in [-0.2, 0) is 5.41 Å². The van der Waals surface area contributed by atoms with Gasteiger partial charge in [-0.3, -0.25) is 0 Å². The molecular formula is C17H25N. The van der Waals surface area contributed by atoms with Gasteiger partial charge < -0.3 is 4.90 Å². The summed E-state index contributed by atoms with van der Waals surface area (Å²) in [6.07, 6.45) is 2.25. The zero-order valence-electron chi connectivity index (χ0n) is 13.0. The molecule has 1 aromatic carbocycles. The summed E-state index contributed by atoms with van der Waals surface area (Å²) in [4.78, 5) is 2.38. The first-order valence-corrected chi connectivity index (χ1v) is 6.76. The lowest BCUT2D eigenvalue weighted by molar-refractivity contribution is 0.634. The SMILES string of the molecule is C/C=C1/N(C)c2c(C)c(C)c(C)c(C)c2C1(C)C. The number of hydrogen-bond acceptors (Lipinski definition) is 1. The summed E-state index contributed by atoms with van der Waals surface area (Å²) in [5.41, 5.74) is 10.2. The Kier molecular flexibility index (Phi) is 2.84. The van der Waals surface area contributed by atoms with E-state index in [1.807, 2.05) is 0 Å². The highest BCUT2D eigenvalue weighted by molar-refractivity contribution is 5.77. The summed E-state index contributed by atoms with van der Waals surface area (Å²) in [5, 5.41) is 0. The average molecular weight is 243 g/mol. The zero-order chi connectivity index (χ0) is 13.8. The largest absolute Gasteiger partial charge is 0.347 e. The quantitative estimate of drug-likeness (QED) is 0.646. The van der Waals surface area contributed by atoms with E-state index >= 15 is 0 Å². The van der Waals surface area contributed by atoms with Crippen LogP contribution >= 0.6 is 0 Å². The summed E-state index contributed by atoms with van der Waals surface area (Å²) in [5.74, 6) is 0. The fourth-order valence-electron chi connectivity index (χ4n) is 3.70. The number of nitrogens with zero attached hydrogens (tertiary/aromatic N) is 1. The van der Waals surface area contributed by atoms with E-state index in [0.717, 1.165) is 0 Å². The lowest BCUT2D eigenvalue weighted by Crippen LogP contribution is -2.23. The predicted molar refractivity (Wildman–Crippen MR) is 80.6 cm³/mol. The summed E-state index contributed by atoms with van der Waals surface area (Å²) in [7, 11) is 2.20. The van der Waals surface area contributed by atoms with Gasteiger partial charge in [-0.25, -0.2) is 0 Å². The smallest absolute Gasteiger partial charge is 0.0483 e. The highest BCUT2D eigenvalue weighted by Gasteiger charge is 2.41. The van der Waals surface area contributed by atoms with E-state index in [1.54, 1.807) is 0 Å². The topological polar surface area (TPSA) is 3.24 Å². The van der Waals surface area contributed by atoms with Crippen LogP contribution in [0.3, 0.4) is 0 Å². The Labute approximate surface area is 112 Å². The normalized spacial score (nSPS) is 19.6. The maximum Gasteiger partial charge on any atom is 0.0483 e. The zero-order valence-corrected chi connectivity index (χ0v) is 13.0. The van der Waals surface area contributed by atoms with Gasteiger partial charge in [0.25, 0.3) is 0 Å². The Morgan fingerprint density at radius 2 is 1.39 bits per heavy atom. The molecule has 1 aliphatic rings. The van der Waals surface area contributed by atoms with E-state index in [9.17, 15) is 0 Å². The molecule has 1 aliphatic heterocycles. The molecule has 0 fully saturated rings. The van der Waals surface area contributed by atoms with Crippen molar-refractivity contribution in [2.24, 2.45) is 0 Å². The van der Waals surface area contributed by atoms with Crippen molar-refractivity contribution in [1.82, 2.24) is 0 Å². The molecule has 1 nitrogen and oxygen atoms in total. The van der Waals surface area contributed by atoms with Crippen LogP contribution in [0, 0.1) is 27.7 Å². The van der Waals surface area contributed by atoms with E-state index in [0.29, 0.717) is 0 Å². The first-order chi connectivity index (χ1) is 8.25. The number of fused-ring (bicyclic) bond motifs is 1. The van der Waals surface area contributed by atoms with Gasteiger partial charge in [0.15, 0.2) is 0 Å². The maximum atomic E-state index is 2.38. The fraction of sp³-hybridized carbons (Fsp3) is 0.529. The molecule has 0 saturated heterocycles. The molecule has 0 atom stereocenters. The van der Waals surface area contributed by atoms with Gasteiger partial charge in [-0.05, 0) is 62.4 Å². The maximum absolute atomic E-state index is 2.38. The van der Waals surface area contributed by atoms with Crippen LogP contribution in [0.15, 0.2) is 11.8 Å². The lowest BCUT2D eigenvalue weighted by atomic mass is 9.78. The van der Waals surface area contributed by atoms with E-state index < -0.39 is 0 Å². The first-order valence-electron chi connectivity index (χ1n) is 6.76. The summed E-state index contributed by atoms with van der Waals surface area (Å²) in [6.45, 7) is 15.8. The molecule has 0 amide bonds. The van der Waals surface area contributed by atoms with Crippen molar-refractivity contribution < 1.29 is 0 Å². The van der Waals surface area contributed by atoms with Crippen molar-refractivity contribution >= 4 is 5.69 Å². The standard InChI is InChI=1S/C17H25N/c1-9-14-17(6,7)15-12(4)10(2)11(3)13(5)16(15)18(14)8/h9H,1-8H3/b14-9+. The summed E-state index contributed by atoms with van der Waals surface area (Å²) in [6, 6.07) is 0. The Morgan fingerprint density at radius 1 is 0.889 bits per heavy atom. The van der Waals surface area contributed by atoms with Crippen molar-refractivity contribution in [3.63, 3.8) is 0 Å². The lowest BCUT2D eigenvalue weighted by Gasteiger charge is -2.24. The van der Waals surface area contributed by atoms with Crippen molar-refractivity contribution in [2.45, 2.75) is 53.9 Å². The summed E-state index contributed by atoms with van der Waals surface area (Å²) >= 11 is 0. The second kappa shape index (κ2) is 3.88. The number of likely N-dealkylation sites (N-methyl/N-ethyl adjacent to an activating group) is 1. The molecule has 18 heavy (non-hydrogen) atoms. The van der Waals surface area contributed by atoms with Crippen molar-refractivity contribution in [1.29, 1.82) is 0 Å². The first kappa shape index (κ1) is 13.2. The number of rotatable bonds is 0. The third kappa shape index (κ3) is 1.39. The molecule has 1 heterocycles. The number of benzene rings is 1. The molecule has 98 valence electrons. The van der Waals surface area contributed by atoms with Gasteiger partial charge in [-0.2, -0.15) is 0 Å². The van der Waals surface area contributed by atoms with E-state index in [4.69, 9.17) is 0 Å². The van der Waals surface area contributed by atoms with Crippen LogP contribution in [0.25, 0.3) is 0 Å². The number of anilines is 1. The molecule has 0 saturated carbocycles. The van der Waals surface area contributed by atoms with E-state index in [2.05, 4.69) is 66.5 Å². The molecule has 1 aromatic rings. The van der Waals surface area contributed by atoms with Crippen LogP contribution in [0.2, 0.25) is 0 Å². The molecule has 0 spiro atoms. The van der Waals surface area contributed by atoms with Crippen LogP contribution < -0.4 is 4.90 Å². The monoisotopic (exact) mass is 243 g/mol. The van der Waals surface area contributed by atoms with E-state index in [1.165, 1.54) is 39.2 Å². The minimum Gasteiger partial charge on any atom is -0.347 e. The van der Waals surface area contributed by atoms with Crippen LogP contribution in [-0.4, -0.2) is 7.05 Å². The van der Waals surface area contributed by atoms with Gasteiger partial charge in [0.2, 0.25) is 0 Å². The molecule has 2 rings (SSSR count). The molecule has 0 N–H and O–H groups in total. The van der Waals surface area contributed by atoms with Crippen molar-refractivity contribution in [2.75, 3.05) is 11.9 Å². The third-order valence-electron chi connectivity index (χ3n) is 4.89. The van der Waals surface area contributed by atoms with Crippen LogP contribution in [0.4, 0.5) is 5.69 Å². The molecular weight excluding hydrogens is 218 g/mol. The Balaban J connectivity index is 2.93. The molecule has 0 radical (unpaired) electrons. The van der Waals surface area contributed by atoms with Crippen LogP contribution in [0.1, 0.15) is 48.6 Å². The minimum absolute atomic E-state index is 0.117. The van der Waals surface area contributed by atoms with Crippen molar-refractivity contribution in [3.8, 4) is 0 Å². The number of hydrogen-bond donors (Lipinski definition) is 0. The fourth-order valence-corrected chi connectivity index (χ4v) is 3.70. The highest BCUT2D eigenvalue weighted by Crippen LogP contribution is 2.51. The van der Waals surface area contributed by atoms with Crippen molar-refractivity contribution in [3.05, 3.63) is 39.6 Å². The number of allylic oxidation sites excluding steroid dienone is 2. The minimum atomic E-state index is 0.117. The van der Waals surface area contributed by atoms with Gasteiger partial charge >= 0.3 is 0 Å².